The SMILES string of the molecule is CCC1CC(O)(c2cccc(N(C)C)n2)CCN1. The smallest absolute Gasteiger partial charge is 0.128 e. The van der Waals surface area contributed by atoms with Gasteiger partial charge in [0.05, 0.1) is 5.69 Å². The molecule has 1 aliphatic heterocycles. The van der Waals surface area contributed by atoms with Crippen molar-refractivity contribution in [3.63, 3.8) is 0 Å². The van der Waals surface area contributed by atoms with Crippen LogP contribution in [-0.4, -0.2) is 36.8 Å². The molecular formula is C14H23N3O. The fraction of sp³-hybridized carbons (Fsp3) is 0.643. The van der Waals surface area contributed by atoms with Gasteiger partial charge in [0.1, 0.15) is 11.4 Å². The normalized spacial score (nSPS) is 28.1. The highest BCUT2D eigenvalue weighted by Crippen LogP contribution is 2.32. The number of anilines is 1. The summed E-state index contributed by atoms with van der Waals surface area (Å²) in [6.07, 6.45) is 2.51. The molecule has 2 rings (SSSR count). The lowest BCUT2D eigenvalue weighted by molar-refractivity contribution is -0.0132. The van der Waals surface area contributed by atoms with Crippen LogP contribution in [0.2, 0.25) is 0 Å². The monoisotopic (exact) mass is 249 g/mol. The second-order valence-electron chi connectivity index (χ2n) is 5.32. The third-order valence-corrected chi connectivity index (χ3v) is 3.72. The third kappa shape index (κ3) is 2.65. The second kappa shape index (κ2) is 5.24. The lowest BCUT2D eigenvalue weighted by Crippen LogP contribution is -2.46. The average molecular weight is 249 g/mol. The Hall–Kier alpha value is -1.13. The van der Waals surface area contributed by atoms with Crippen LogP contribution >= 0.6 is 0 Å². The Balaban J connectivity index is 2.26. The summed E-state index contributed by atoms with van der Waals surface area (Å²) < 4.78 is 0. The number of aromatic nitrogens is 1. The van der Waals surface area contributed by atoms with Gasteiger partial charge in [-0.2, -0.15) is 0 Å². The van der Waals surface area contributed by atoms with Crippen LogP contribution in [0, 0.1) is 0 Å². The first kappa shape index (κ1) is 13.3. The van der Waals surface area contributed by atoms with Crippen molar-refractivity contribution in [2.75, 3.05) is 25.5 Å². The Labute approximate surface area is 109 Å². The fourth-order valence-electron chi connectivity index (χ4n) is 2.52. The number of aliphatic hydroxyl groups is 1. The number of hydrogen-bond acceptors (Lipinski definition) is 4. The van der Waals surface area contributed by atoms with E-state index in [0.29, 0.717) is 6.04 Å². The first-order valence-corrected chi connectivity index (χ1v) is 6.66. The Bertz CT molecular complexity index is 408. The summed E-state index contributed by atoms with van der Waals surface area (Å²) in [5.41, 5.74) is 0.0199. The Morgan fingerprint density at radius 2 is 2.28 bits per heavy atom. The summed E-state index contributed by atoms with van der Waals surface area (Å²) in [7, 11) is 3.93. The van der Waals surface area contributed by atoms with E-state index in [4.69, 9.17) is 0 Å². The van der Waals surface area contributed by atoms with Crippen molar-refractivity contribution < 1.29 is 5.11 Å². The van der Waals surface area contributed by atoms with Crippen molar-refractivity contribution in [2.24, 2.45) is 0 Å². The lowest BCUT2D eigenvalue weighted by atomic mass is 9.84. The molecule has 1 saturated heterocycles. The van der Waals surface area contributed by atoms with Crippen molar-refractivity contribution in [3.8, 4) is 0 Å². The highest BCUT2D eigenvalue weighted by molar-refractivity contribution is 5.38. The number of piperidine rings is 1. The Morgan fingerprint density at radius 3 is 2.94 bits per heavy atom. The van der Waals surface area contributed by atoms with Gasteiger partial charge in [0.25, 0.3) is 0 Å². The highest BCUT2D eigenvalue weighted by atomic mass is 16.3. The molecule has 1 aliphatic rings. The molecule has 18 heavy (non-hydrogen) atoms. The van der Waals surface area contributed by atoms with Gasteiger partial charge in [0.15, 0.2) is 0 Å². The largest absolute Gasteiger partial charge is 0.383 e. The molecule has 100 valence electrons. The summed E-state index contributed by atoms with van der Waals surface area (Å²) >= 11 is 0. The molecule has 0 aromatic carbocycles. The van der Waals surface area contributed by atoms with E-state index in [-0.39, 0.29) is 0 Å². The summed E-state index contributed by atoms with van der Waals surface area (Å²) in [6, 6.07) is 6.25. The Kier molecular flexibility index (Phi) is 3.88. The van der Waals surface area contributed by atoms with Gasteiger partial charge < -0.3 is 15.3 Å². The van der Waals surface area contributed by atoms with Crippen LogP contribution < -0.4 is 10.2 Å². The van der Waals surface area contributed by atoms with Crippen molar-refractivity contribution in [3.05, 3.63) is 23.9 Å². The maximum atomic E-state index is 10.8. The van der Waals surface area contributed by atoms with Gasteiger partial charge >= 0.3 is 0 Å². The summed E-state index contributed by atoms with van der Waals surface area (Å²) in [6.45, 7) is 3.00. The second-order valence-corrected chi connectivity index (χ2v) is 5.32. The molecule has 0 radical (unpaired) electrons. The predicted molar refractivity (Wildman–Crippen MR) is 73.8 cm³/mol. The van der Waals surface area contributed by atoms with Crippen molar-refractivity contribution >= 4 is 5.82 Å². The van der Waals surface area contributed by atoms with E-state index in [1.165, 1.54) is 0 Å². The summed E-state index contributed by atoms with van der Waals surface area (Å²) in [5.74, 6) is 0.896. The fourth-order valence-corrected chi connectivity index (χ4v) is 2.52. The zero-order valence-electron chi connectivity index (χ0n) is 11.5. The van der Waals surface area contributed by atoms with E-state index in [1.54, 1.807) is 0 Å². The van der Waals surface area contributed by atoms with Crippen LogP contribution in [0.5, 0.6) is 0 Å². The molecule has 0 amide bonds. The number of nitrogens with one attached hydrogen (secondary N) is 1. The van der Waals surface area contributed by atoms with Gasteiger partial charge in [-0.1, -0.05) is 13.0 Å². The van der Waals surface area contributed by atoms with Gasteiger partial charge in [-0.15, -0.1) is 0 Å². The molecule has 1 aromatic rings. The quantitative estimate of drug-likeness (QED) is 0.852. The van der Waals surface area contributed by atoms with Gasteiger partial charge in [0.2, 0.25) is 0 Å². The van der Waals surface area contributed by atoms with Gasteiger partial charge in [-0.25, -0.2) is 4.98 Å². The van der Waals surface area contributed by atoms with E-state index in [9.17, 15) is 5.11 Å². The topological polar surface area (TPSA) is 48.4 Å². The van der Waals surface area contributed by atoms with E-state index >= 15 is 0 Å². The van der Waals surface area contributed by atoms with Crippen LogP contribution in [-0.2, 0) is 5.60 Å². The van der Waals surface area contributed by atoms with E-state index in [0.717, 1.165) is 37.3 Å². The zero-order valence-corrected chi connectivity index (χ0v) is 11.5. The van der Waals surface area contributed by atoms with Crippen LogP contribution in [0.1, 0.15) is 31.9 Å². The number of hydrogen-bond donors (Lipinski definition) is 2. The summed E-state index contributed by atoms with van der Waals surface area (Å²) in [4.78, 5) is 6.55. The molecule has 4 heteroatoms. The first-order valence-electron chi connectivity index (χ1n) is 6.66. The van der Waals surface area contributed by atoms with E-state index in [2.05, 4.69) is 17.2 Å². The molecule has 0 saturated carbocycles. The third-order valence-electron chi connectivity index (χ3n) is 3.72. The maximum Gasteiger partial charge on any atom is 0.128 e. The predicted octanol–water partition coefficient (Wildman–Crippen LogP) is 1.50. The number of pyridine rings is 1. The minimum absolute atomic E-state index is 0.383. The standard InChI is InChI=1S/C14H23N3O/c1-4-11-10-14(18,8-9-15-11)12-6-5-7-13(16-12)17(2)3/h5-7,11,15,18H,4,8-10H2,1-3H3. The van der Waals surface area contributed by atoms with E-state index < -0.39 is 5.60 Å². The van der Waals surface area contributed by atoms with Crippen LogP contribution in [0.25, 0.3) is 0 Å². The minimum Gasteiger partial charge on any atom is -0.383 e. The molecule has 2 atom stereocenters. The Morgan fingerprint density at radius 1 is 1.50 bits per heavy atom. The molecular weight excluding hydrogens is 226 g/mol. The molecule has 2 heterocycles. The molecule has 0 spiro atoms. The average Bonchev–Trinajstić information content (AvgIpc) is 2.39. The van der Waals surface area contributed by atoms with Crippen molar-refractivity contribution in [1.82, 2.24) is 10.3 Å². The summed E-state index contributed by atoms with van der Waals surface area (Å²) in [5, 5.41) is 14.3. The minimum atomic E-state index is -0.780. The van der Waals surface area contributed by atoms with E-state index in [1.807, 2.05) is 37.2 Å². The molecule has 1 fully saturated rings. The van der Waals surface area contributed by atoms with Gasteiger partial charge in [-0.05, 0) is 37.9 Å². The number of nitrogens with zero attached hydrogens (tertiary/aromatic N) is 2. The van der Waals surface area contributed by atoms with Crippen molar-refractivity contribution in [1.29, 1.82) is 0 Å². The molecule has 4 nitrogen and oxygen atoms in total. The molecule has 2 N–H and O–H groups in total. The van der Waals surface area contributed by atoms with Crippen LogP contribution in [0.15, 0.2) is 18.2 Å². The van der Waals surface area contributed by atoms with Crippen LogP contribution in [0.3, 0.4) is 0 Å². The highest BCUT2D eigenvalue weighted by Gasteiger charge is 2.36. The molecule has 0 aliphatic carbocycles. The van der Waals surface area contributed by atoms with Crippen LogP contribution in [0.4, 0.5) is 5.82 Å². The van der Waals surface area contributed by atoms with Crippen molar-refractivity contribution in [2.45, 2.75) is 37.8 Å². The van der Waals surface area contributed by atoms with Gasteiger partial charge in [0, 0.05) is 20.1 Å². The number of rotatable bonds is 3. The maximum absolute atomic E-state index is 10.8. The molecule has 0 bridgehead atoms. The molecule has 2 unspecified atom stereocenters. The first-order chi connectivity index (χ1) is 8.55. The van der Waals surface area contributed by atoms with Gasteiger partial charge in [-0.3, -0.25) is 0 Å². The molecule has 1 aromatic heterocycles. The zero-order chi connectivity index (χ0) is 13.2. The lowest BCUT2D eigenvalue weighted by Gasteiger charge is -2.37.